The summed E-state index contributed by atoms with van der Waals surface area (Å²) in [6.07, 6.45) is -2.70. The van der Waals surface area contributed by atoms with Crippen LogP contribution in [0.15, 0.2) is 0 Å². The van der Waals surface area contributed by atoms with E-state index in [0.29, 0.717) is 12.8 Å². The third-order valence-electron chi connectivity index (χ3n) is 1.59. The van der Waals surface area contributed by atoms with Crippen molar-refractivity contribution >= 4 is 7.82 Å². The van der Waals surface area contributed by atoms with Gasteiger partial charge in [0.2, 0.25) is 0 Å². The van der Waals surface area contributed by atoms with Crippen molar-refractivity contribution in [2.24, 2.45) is 0 Å². The molecule has 0 radical (unpaired) electrons. The normalized spacial score (nSPS) is 15.8. The highest BCUT2D eigenvalue weighted by Gasteiger charge is 2.35. The van der Waals surface area contributed by atoms with E-state index >= 15 is 0 Å². The van der Waals surface area contributed by atoms with Gasteiger partial charge in [0.1, 0.15) is 0 Å². The summed E-state index contributed by atoms with van der Waals surface area (Å²) in [6.45, 7) is 2.05. The van der Waals surface area contributed by atoms with Crippen LogP contribution in [0, 0.1) is 0 Å². The van der Waals surface area contributed by atoms with Crippen LogP contribution in [0.25, 0.3) is 0 Å². The molecule has 0 N–H and O–H groups in total. The molecule has 1 unspecified atom stereocenters. The van der Waals surface area contributed by atoms with Gasteiger partial charge >= 0.3 is 14.0 Å². The number of halogens is 3. The van der Waals surface area contributed by atoms with E-state index in [1.54, 1.807) is 6.92 Å². The predicted octanol–water partition coefficient (Wildman–Crippen LogP) is 3.92. The van der Waals surface area contributed by atoms with Gasteiger partial charge in [0.25, 0.3) is 0 Å². The zero-order chi connectivity index (χ0) is 13.4. The van der Waals surface area contributed by atoms with Crippen molar-refractivity contribution in [2.75, 3.05) is 19.8 Å². The van der Waals surface area contributed by atoms with Crippen LogP contribution < -0.4 is 0 Å². The van der Waals surface area contributed by atoms with Gasteiger partial charge in [-0.1, -0.05) is 20.3 Å². The van der Waals surface area contributed by atoms with Gasteiger partial charge in [-0.05, 0) is 12.8 Å². The average Bonchev–Trinajstić information content (AvgIpc) is 2.24. The molecule has 0 aromatic heterocycles. The van der Waals surface area contributed by atoms with Crippen molar-refractivity contribution in [2.45, 2.75) is 39.3 Å². The molecule has 0 saturated carbocycles. The van der Waals surface area contributed by atoms with E-state index in [9.17, 15) is 17.7 Å². The lowest BCUT2D eigenvalue weighted by Crippen LogP contribution is -2.17. The van der Waals surface area contributed by atoms with E-state index in [1.807, 2.05) is 6.92 Å². The molecule has 0 aromatic carbocycles. The van der Waals surface area contributed by atoms with Crippen molar-refractivity contribution in [3.8, 4) is 0 Å². The Morgan fingerprint density at radius 3 is 2.06 bits per heavy atom. The summed E-state index contributed by atoms with van der Waals surface area (Å²) in [5.74, 6) is 0. The van der Waals surface area contributed by atoms with Crippen molar-refractivity contribution in [1.29, 1.82) is 0 Å². The van der Waals surface area contributed by atoms with Crippen molar-refractivity contribution < 1.29 is 31.3 Å². The SMILES string of the molecule is CCCCOP(=O)(OCCC)OCC(F)(F)F. The van der Waals surface area contributed by atoms with E-state index in [1.165, 1.54) is 0 Å². The fourth-order valence-corrected chi connectivity index (χ4v) is 2.07. The fourth-order valence-electron chi connectivity index (χ4n) is 0.788. The minimum atomic E-state index is -4.56. The minimum Gasteiger partial charge on any atom is -0.287 e. The first kappa shape index (κ1) is 16.9. The molecule has 0 aromatic rings. The number of alkyl halides is 3. The molecule has 0 bridgehead atoms. The van der Waals surface area contributed by atoms with Gasteiger partial charge in [-0.25, -0.2) is 4.57 Å². The maximum atomic E-state index is 11.9. The third-order valence-corrected chi connectivity index (χ3v) is 3.03. The molecule has 0 fully saturated rings. The third kappa shape index (κ3) is 9.59. The van der Waals surface area contributed by atoms with Crippen LogP contribution >= 0.6 is 7.82 Å². The summed E-state index contributed by atoms with van der Waals surface area (Å²) >= 11 is 0. The van der Waals surface area contributed by atoms with Crippen LogP contribution in [0.3, 0.4) is 0 Å². The number of hydrogen-bond acceptors (Lipinski definition) is 4. The number of rotatable bonds is 9. The highest BCUT2D eigenvalue weighted by Crippen LogP contribution is 2.50. The minimum absolute atomic E-state index is 0.0290. The second-order valence-corrected chi connectivity index (χ2v) is 5.02. The summed E-state index contributed by atoms with van der Waals surface area (Å²) in [4.78, 5) is 0. The molecule has 0 saturated heterocycles. The van der Waals surface area contributed by atoms with Crippen LogP contribution in [-0.2, 0) is 18.1 Å². The first-order valence-electron chi connectivity index (χ1n) is 5.43. The molecule has 17 heavy (non-hydrogen) atoms. The first-order chi connectivity index (χ1) is 7.83. The van der Waals surface area contributed by atoms with Gasteiger partial charge < -0.3 is 0 Å². The molecule has 1 atom stereocenters. The lowest BCUT2D eigenvalue weighted by Gasteiger charge is -2.18. The number of phosphoric acid groups is 1. The largest absolute Gasteiger partial charge is 0.475 e. The van der Waals surface area contributed by atoms with E-state index < -0.39 is 20.6 Å². The quantitative estimate of drug-likeness (QED) is 0.473. The van der Waals surface area contributed by atoms with Gasteiger partial charge in [0.05, 0.1) is 13.2 Å². The second kappa shape index (κ2) is 8.08. The number of hydrogen-bond donors (Lipinski definition) is 0. The van der Waals surface area contributed by atoms with E-state index in [4.69, 9.17) is 9.05 Å². The second-order valence-electron chi connectivity index (χ2n) is 3.36. The van der Waals surface area contributed by atoms with Crippen molar-refractivity contribution in [1.82, 2.24) is 0 Å². The zero-order valence-corrected chi connectivity index (χ0v) is 10.9. The smallest absolute Gasteiger partial charge is 0.287 e. The van der Waals surface area contributed by atoms with Crippen molar-refractivity contribution in [3.05, 3.63) is 0 Å². The highest BCUT2D eigenvalue weighted by atomic mass is 31.2. The molecular formula is C9H18F3O4P. The summed E-state index contributed by atoms with van der Waals surface area (Å²) in [6, 6.07) is 0. The lowest BCUT2D eigenvalue weighted by atomic mass is 10.4. The van der Waals surface area contributed by atoms with Crippen LogP contribution in [0.4, 0.5) is 13.2 Å². The maximum absolute atomic E-state index is 11.9. The monoisotopic (exact) mass is 278 g/mol. The molecule has 4 nitrogen and oxygen atoms in total. The Labute approximate surface area is 99.0 Å². The predicted molar refractivity (Wildman–Crippen MR) is 56.7 cm³/mol. The summed E-state index contributed by atoms with van der Waals surface area (Å²) in [5, 5.41) is 0. The molecule has 8 heteroatoms. The van der Waals surface area contributed by atoms with Gasteiger partial charge in [0.15, 0.2) is 6.61 Å². The Morgan fingerprint density at radius 1 is 1.00 bits per heavy atom. The Hall–Kier alpha value is -0.100. The molecule has 104 valence electrons. The van der Waals surface area contributed by atoms with Gasteiger partial charge in [-0.2, -0.15) is 13.2 Å². The fraction of sp³-hybridized carbons (Fsp3) is 1.00. The molecule has 0 aliphatic heterocycles. The Morgan fingerprint density at radius 2 is 1.59 bits per heavy atom. The molecule has 0 aliphatic rings. The summed E-state index contributed by atoms with van der Waals surface area (Å²) < 4.78 is 61.3. The van der Waals surface area contributed by atoms with Crippen LogP contribution in [0.5, 0.6) is 0 Å². The number of unbranched alkanes of at least 4 members (excludes halogenated alkanes) is 1. The van der Waals surface area contributed by atoms with E-state index in [-0.39, 0.29) is 13.2 Å². The number of phosphoric ester groups is 1. The van der Waals surface area contributed by atoms with Crippen LogP contribution in [0.2, 0.25) is 0 Å². The van der Waals surface area contributed by atoms with Crippen molar-refractivity contribution in [3.63, 3.8) is 0 Å². The summed E-state index contributed by atoms with van der Waals surface area (Å²) in [7, 11) is -4.08. The molecule has 0 spiro atoms. The zero-order valence-electron chi connectivity index (χ0n) is 9.96. The van der Waals surface area contributed by atoms with Gasteiger partial charge in [-0.3, -0.25) is 13.6 Å². The van der Waals surface area contributed by atoms with Gasteiger partial charge in [-0.15, -0.1) is 0 Å². The topological polar surface area (TPSA) is 44.8 Å². The van der Waals surface area contributed by atoms with E-state index in [0.717, 1.165) is 6.42 Å². The summed E-state index contributed by atoms with van der Waals surface area (Å²) in [5.41, 5.74) is 0. The first-order valence-corrected chi connectivity index (χ1v) is 6.89. The van der Waals surface area contributed by atoms with Gasteiger partial charge in [0, 0.05) is 0 Å². The highest BCUT2D eigenvalue weighted by molar-refractivity contribution is 7.48. The standard InChI is InChI=1S/C9H18F3O4P/c1-3-5-7-15-17(13,14-6-4-2)16-8-9(10,11)12/h3-8H2,1-2H3. The Bertz CT molecular complexity index is 245. The Kier molecular flexibility index (Phi) is 8.03. The van der Waals surface area contributed by atoms with Crippen LogP contribution in [0.1, 0.15) is 33.1 Å². The molecule has 0 aliphatic carbocycles. The molecule has 0 rings (SSSR count). The molecule has 0 heterocycles. The lowest BCUT2D eigenvalue weighted by molar-refractivity contribution is -0.158. The molecular weight excluding hydrogens is 260 g/mol. The average molecular weight is 278 g/mol. The Balaban J connectivity index is 4.23. The maximum Gasteiger partial charge on any atom is 0.475 e. The van der Waals surface area contributed by atoms with E-state index in [2.05, 4.69) is 4.52 Å². The van der Waals surface area contributed by atoms with Crippen LogP contribution in [-0.4, -0.2) is 26.0 Å². The molecule has 0 amide bonds.